The second kappa shape index (κ2) is 10.3. The van der Waals surface area contributed by atoms with Gasteiger partial charge in [-0.3, -0.25) is 4.79 Å². The second-order valence-electron chi connectivity index (χ2n) is 7.63. The molecule has 5 heteroatoms. The molecule has 158 valence electrons. The molecule has 0 spiro atoms. The number of halogens is 1. The van der Waals surface area contributed by atoms with E-state index >= 15 is 0 Å². The molecular formula is C26H26ClN3O. The molecule has 1 heterocycles. The van der Waals surface area contributed by atoms with Crippen molar-refractivity contribution in [2.24, 2.45) is 0 Å². The molecule has 0 aliphatic heterocycles. The van der Waals surface area contributed by atoms with Gasteiger partial charge in [0.25, 0.3) is 0 Å². The molecule has 0 fully saturated rings. The van der Waals surface area contributed by atoms with Gasteiger partial charge in [-0.1, -0.05) is 72.3 Å². The van der Waals surface area contributed by atoms with Crippen LogP contribution in [-0.2, 0) is 30.6 Å². The summed E-state index contributed by atoms with van der Waals surface area (Å²) >= 11 is 6.16. The molecule has 3 aromatic carbocycles. The number of nitrogens with zero attached hydrogens (tertiary/aromatic N) is 2. The zero-order chi connectivity index (χ0) is 21.5. The van der Waals surface area contributed by atoms with Crippen LogP contribution in [0.3, 0.4) is 0 Å². The average Bonchev–Trinajstić information content (AvgIpc) is 3.14. The Morgan fingerprint density at radius 1 is 0.903 bits per heavy atom. The summed E-state index contributed by atoms with van der Waals surface area (Å²) in [5, 5.41) is 3.63. The van der Waals surface area contributed by atoms with Crippen molar-refractivity contribution in [3.8, 4) is 0 Å². The molecule has 0 unspecified atom stereocenters. The molecule has 0 aliphatic carbocycles. The van der Waals surface area contributed by atoms with Crippen molar-refractivity contribution in [3.05, 3.63) is 101 Å². The van der Waals surface area contributed by atoms with Crippen LogP contribution in [0.1, 0.15) is 23.4 Å². The van der Waals surface area contributed by atoms with Crippen LogP contribution in [0, 0.1) is 0 Å². The minimum absolute atomic E-state index is 0.0279. The number of imidazole rings is 1. The molecule has 0 saturated heterocycles. The first kappa shape index (κ1) is 21.1. The highest BCUT2D eigenvalue weighted by molar-refractivity contribution is 6.31. The summed E-state index contributed by atoms with van der Waals surface area (Å²) in [7, 11) is 0. The summed E-state index contributed by atoms with van der Waals surface area (Å²) in [5.74, 6) is 0.979. The number of carbonyl (C=O) groups excluding carboxylic acids is 1. The van der Waals surface area contributed by atoms with Gasteiger partial charge in [-0.05, 0) is 42.2 Å². The van der Waals surface area contributed by atoms with Crippen molar-refractivity contribution in [1.82, 2.24) is 14.9 Å². The average molecular weight is 432 g/mol. The van der Waals surface area contributed by atoms with Gasteiger partial charge in [0.05, 0.1) is 17.5 Å². The van der Waals surface area contributed by atoms with E-state index in [1.54, 1.807) is 0 Å². The lowest BCUT2D eigenvalue weighted by atomic mass is 10.1. The van der Waals surface area contributed by atoms with Gasteiger partial charge in [0.2, 0.25) is 5.91 Å². The molecular weight excluding hydrogens is 406 g/mol. The highest BCUT2D eigenvalue weighted by atomic mass is 35.5. The third kappa shape index (κ3) is 5.53. The molecule has 31 heavy (non-hydrogen) atoms. The monoisotopic (exact) mass is 431 g/mol. The van der Waals surface area contributed by atoms with Gasteiger partial charge in [-0.25, -0.2) is 4.98 Å². The molecule has 0 aliphatic rings. The summed E-state index contributed by atoms with van der Waals surface area (Å²) in [6.07, 6.45) is 3.04. The van der Waals surface area contributed by atoms with Crippen molar-refractivity contribution in [1.29, 1.82) is 0 Å². The van der Waals surface area contributed by atoms with Crippen molar-refractivity contribution in [2.45, 2.75) is 32.2 Å². The molecule has 0 radical (unpaired) electrons. The Hall–Kier alpha value is -3.11. The molecule has 0 saturated carbocycles. The molecule has 1 aromatic heterocycles. The quantitative estimate of drug-likeness (QED) is 0.394. The first-order chi connectivity index (χ1) is 15.2. The number of amides is 1. The Bertz CT molecular complexity index is 1150. The maximum Gasteiger partial charge on any atom is 0.224 e. The third-order valence-electron chi connectivity index (χ3n) is 5.40. The number of nitrogens with one attached hydrogen (secondary N) is 1. The van der Waals surface area contributed by atoms with Crippen LogP contribution >= 0.6 is 11.6 Å². The Kier molecular flexibility index (Phi) is 7.00. The highest BCUT2D eigenvalue weighted by Gasteiger charge is 2.11. The lowest BCUT2D eigenvalue weighted by Gasteiger charge is -2.10. The summed E-state index contributed by atoms with van der Waals surface area (Å²) in [6, 6.07) is 26.2. The maximum atomic E-state index is 12.3. The number of benzene rings is 3. The van der Waals surface area contributed by atoms with Gasteiger partial charge in [0, 0.05) is 24.5 Å². The predicted octanol–water partition coefficient (Wildman–Crippen LogP) is 5.22. The Morgan fingerprint density at radius 2 is 1.65 bits per heavy atom. The van der Waals surface area contributed by atoms with E-state index in [-0.39, 0.29) is 12.3 Å². The molecule has 1 amide bonds. The molecule has 4 nitrogen and oxygen atoms in total. The van der Waals surface area contributed by atoms with E-state index in [9.17, 15) is 4.79 Å². The van der Waals surface area contributed by atoms with E-state index in [0.29, 0.717) is 18.0 Å². The zero-order valence-electron chi connectivity index (χ0n) is 17.4. The first-order valence-electron chi connectivity index (χ1n) is 10.7. The van der Waals surface area contributed by atoms with Crippen molar-refractivity contribution in [3.63, 3.8) is 0 Å². The largest absolute Gasteiger partial charge is 0.355 e. The van der Waals surface area contributed by atoms with E-state index in [1.165, 1.54) is 5.56 Å². The highest BCUT2D eigenvalue weighted by Crippen LogP contribution is 2.18. The number of aryl methyl sites for hydroxylation is 2. The fourth-order valence-electron chi connectivity index (χ4n) is 3.84. The summed E-state index contributed by atoms with van der Waals surface area (Å²) < 4.78 is 2.29. The predicted molar refractivity (Wildman–Crippen MR) is 126 cm³/mol. The van der Waals surface area contributed by atoms with Crippen molar-refractivity contribution in [2.75, 3.05) is 6.54 Å². The lowest BCUT2D eigenvalue weighted by molar-refractivity contribution is -0.120. The van der Waals surface area contributed by atoms with Gasteiger partial charge in [0.1, 0.15) is 5.82 Å². The smallest absolute Gasteiger partial charge is 0.224 e. The second-order valence-corrected chi connectivity index (χ2v) is 8.03. The standard InChI is InChI=1S/C26H26ClN3O/c27-22-13-5-4-12-21(22)19-26(31)28-17-16-25-29-23-14-6-7-15-24(23)30(25)18-8-11-20-9-2-1-3-10-20/h1-7,9-10,12-15H,8,11,16-19H2,(H,28,31). The maximum absolute atomic E-state index is 12.3. The normalized spacial score (nSPS) is 11.0. The Morgan fingerprint density at radius 3 is 2.48 bits per heavy atom. The van der Waals surface area contributed by atoms with E-state index in [4.69, 9.17) is 16.6 Å². The zero-order valence-corrected chi connectivity index (χ0v) is 18.2. The molecule has 4 aromatic rings. The van der Waals surface area contributed by atoms with E-state index < -0.39 is 0 Å². The van der Waals surface area contributed by atoms with Gasteiger partial charge in [0.15, 0.2) is 0 Å². The lowest BCUT2D eigenvalue weighted by Crippen LogP contribution is -2.28. The number of fused-ring (bicyclic) bond motifs is 1. The molecule has 0 bridgehead atoms. The first-order valence-corrected chi connectivity index (χ1v) is 11.1. The van der Waals surface area contributed by atoms with E-state index in [1.807, 2.05) is 48.5 Å². The Labute approximate surface area is 187 Å². The molecule has 1 N–H and O–H groups in total. The van der Waals surface area contributed by atoms with E-state index in [0.717, 1.165) is 41.8 Å². The van der Waals surface area contributed by atoms with Gasteiger partial charge < -0.3 is 9.88 Å². The topological polar surface area (TPSA) is 46.9 Å². The van der Waals surface area contributed by atoms with Crippen molar-refractivity contribution < 1.29 is 4.79 Å². The van der Waals surface area contributed by atoms with Crippen LogP contribution in [0.15, 0.2) is 78.9 Å². The number of aromatic nitrogens is 2. The fraction of sp³-hybridized carbons (Fsp3) is 0.231. The van der Waals surface area contributed by atoms with Gasteiger partial charge in [-0.15, -0.1) is 0 Å². The summed E-state index contributed by atoms with van der Waals surface area (Å²) in [4.78, 5) is 17.2. The summed E-state index contributed by atoms with van der Waals surface area (Å²) in [5.41, 5.74) is 4.34. The summed E-state index contributed by atoms with van der Waals surface area (Å²) in [6.45, 7) is 1.45. The Balaban J connectivity index is 1.38. The van der Waals surface area contributed by atoms with Crippen molar-refractivity contribution >= 4 is 28.5 Å². The van der Waals surface area contributed by atoms with Crippen LogP contribution in [0.4, 0.5) is 0 Å². The number of carbonyl (C=O) groups is 1. The minimum atomic E-state index is -0.0279. The SMILES string of the molecule is O=C(Cc1ccccc1Cl)NCCc1nc2ccccc2n1CCCc1ccccc1. The van der Waals surface area contributed by atoms with Crippen LogP contribution in [0.5, 0.6) is 0 Å². The minimum Gasteiger partial charge on any atom is -0.355 e. The number of hydrogen-bond acceptors (Lipinski definition) is 2. The van der Waals surface area contributed by atoms with Gasteiger partial charge >= 0.3 is 0 Å². The third-order valence-corrected chi connectivity index (χ3v) is 5.77. The molecule has 0 atom stereocenters. The van der Waals surface area contributed by atoms with Gasteiger partial charge in [-0.2, -0.15) is 0 Å². The van der Waals surface area contributed by atoms with Crippen LogP contribution < -0.4 is 5.32 Å². The fourth-order valence-corrected chi connectivity index (χ4v) is 4.05. The van der Waals surface area contributed by atoms with Crippen LogP contribution in [0.25, 0.3) is 11.0 Å². The molecule has 4 rings (SSSR count). The van der Waals surface area contributed by atoms with Crippen LogP contribution in [-0.4, -0.2) is 22.0 Å². The van der Waals surface area contributed by atoms with E-state index in [2.05, 4.69) is 40.2 Å². The number of hydrogen-bond donors (Lipinski definition) is 1. The number of rotatable bonds is 9. The van der Waals surface area contributed by atoms with Crippen LogP contribution in [0.2, 0.25) is 5.02 Å². The number of para-hydroxylation sites is 2.